The molecule has 37 heavy (non-hydrogen) atoms. The van der Waals surface area contributed by atoms with Gasteiger partial charge in [0.25, 0.3) is 5.91 Å². The Morgan fingerprint density at radius 3 is 2.54 bits per heavy atom. The van der Waals surface area contributed by atoms with Gasteiger partial charge in [0.15, 0.2) is 0 Å². The number of hydrogen-bond acceptors (Lipinski definition) is 4. The highest BCUT2D eigenvalue weighted by atomic mass is 19.1. The zero-order valence-corrected chi connectivity index (χ0v) is 19.9. The molecule has 3 heterocycles. The number of benzene rings is 2. The number of fused-ring (bicyclic) bond motifs is 1. The summed E-state index contributed by atoms with van der Waals surface area (Å²) in [5.74, 6) is -1.38. The van der Waals surface area contributed by atoms with E-state index >= 15 is 0 Å². The Hall–Kier alpha value is -4.47. The number of halogens is 2. The van der Waals surface area contributed by atoms with Gasteiger partial charge < -0.3 is 24.7 Å². The van der Waals surface area contributed by atoms with Crippen molar-refractivity contribution in [1.82, 2.24) is 19.6 Å². The summed E-state index contributed by atoms with van der Waals surface area (Å²) in [6, 6.07) is 13.5. The number of aromatic nitrogens is 2. The van der Waals surface area contributed by atoms with Crippen LogP contribution in [-0.4, -0.2) is 45.4 Å². The van der Waals surface area contributed by atoms with Gasteiger partial charge in [-0.15, -0.1) is 0 Å². The van der Waals surface area contributed by atoms with Gasteiger partial charge in [-0.3, -0.25) is 4.79 Å². The lowest BCUT2D eigenvalue weighted by Gasteiger charge is -2.32. The van der Waals surface area contributed by atoms with Gasteiger partial charge in [-0.1, -0.05) is 0 Å². The van der Waals surface area contributed by atoms with Gasteiger partial charge in [0, 0.05) is 62.8 Å². The van der Waals surface area contributed by atoms with Gasteiger partial charge >= 0.3 is 6.03 Å². The van der Waals surface area contributed by atoms with Crippen molar-refractivity contribution < 1.29 is 23.1 Å². The van der Waals surface area contributed by atoms with Gasteiger partial charge in [0.2, 0.25) is 0 Å². The van der Waals surface area contributed by atoms with E-state index in [0.717, 1.165) is 17.3 Å². The lowest BCUT2D eigenvalue weighted by Crippen LogP contribution is -2.42. The van der Waals surface area contributed by atoms with E-state index < -0.39 is 17.5 Å². The summed E-state index contributed by atoms with van der Waals surface area (Å²) in [5, 5.41) is 5.62. The predicted molar refractivity (Wildman–Crippen MR) is 133 cm³/mol. The molecule has 2 aromatic carbocycles. The lowest BCUT2D eigenvalue weighted by atomic mass is 10.1. The maximum absolute atomic E-state index is 13.9. The minimum absolute atomic E-state index is 0.100. The number of ether oxygens (including phenoxy) is 1. The molecule has 0 aliphatic carbocycles. The number of rotatable bonds is 6. The van der Waals surface area contributed by atoms with Crippen molar-refractivity contribution >= 4 is 23.3 Å². The van der Waals surface area contributed by atoms with Gasteiger partial charge in [0.05, 0.1) is 5.56 Å². The molecule has 0 atom stereocenters. The highest BCUT2D eigenvalue weighted by molar-refractivity contribution is 5.94. The monoisotopic (exact) mass is 505 g/mol. The van der Waals surface area contributed by atoms with Crippen LogP contribution in [0.3, 0.4) is 0 Å². The van der Waals surface area contributed by atoms with Gasteiger partial charge in [-0.25, -0.2) is 18.6 Å². The Morgan fingerprint density at radius 2 is 1.78 bits per heavy atom. The number of anilines is 1. The molecule has 1 saturated heterocycles. The summed E-state index contributed by atoms with van der Waals surface area (Å²) in [6.07, 6.45) is 6.53. The van der Waals surface area contributed by atoms with E-state index in [2.05, 4.69) is 15.6 Å². The summed E-state index contributed by atoms with van der Waals surface area (Å²) in [5.41, 5.74) is 2.24. The van der Waals surface area contributed by atoms with Crippen molar-refractivity contribution in [2.75, 3.05) is 18.4 Å². The first-order valence-electron chi connectivity index (χ1n) is 11.9. The lowest BCUT2D eigenvalue weighted by molar-refractivity contribution is 0.0591. The predicted octanol–water partition coefficient (Wildman–Crippen LogP) is 4.62. The van der Waals surface area contributed by atoms with Crippen LogP contribution < -0.4 is 15.4 Å². The van der Waals surface area contributed by atoms with E-state index in [1.807, 2.05) is 28.9 Å². The van der Waals surface area contributed by atoms with Gasteiger partial charge in [0.1, 0.15) is 29.1 Å². The van der Waals surface area contributed by atoms with Crippen LogP contribution in [0.2, 0.25) is 0 Å². The normalized spacial score (nSPS) is 13.9. The fraction of sp³-hybridized carbons (Fsp3) is 0.222. The van der Waals surface area contributed by atoms with Crippen LogP contribution in [-0.2, 0) is 6.54 Å². The molecule has 2 aromatic heterocycles. The number of urea groups is 1. The smallest absolute Gasteiger partial charge is 0.319 e. The fourth-order valence-corrected chi connectivity index (χ4v) is 4.24. The van der Waals surface area contributed by atoms with Crippen LogP contribution in [0.4, 0.5) is 19.3 Å². The molecule has 3 amide bonds. The largest absolute Gasteiger partial charge is 0.490 e. The minimum Gasteiger partial charge on any atom is -0.490 e. The molecule has 5 rings (SSSR count). The Morgan fingerprint density at radius 1 is 1.00 bits per heavy atom. The number of carbonyl (C=O) groups is 2. The van der Waals surface area contributed by atoms with E-state index in [-0.39, 0.29) is 17.7 Å². The third-order valence-electron chi connectivity index (χ3n) is 6.22. The molecule has 0 saturated carbocycles. The molecule has 2 N–H and O–H groups in total. The maximum atomic E-state index is 13.9. The average Bonchev–Trinajstić information content (AvgIpc) is 3.37. The third-order valence-corrected chi connectivity index (χ3v) is 6.22. The van der Waals surface area contributed by atoms with E-state index in [9.17, 15) is 18.4 Å². The molecule has 10 heteroatoms. The zero-order chi connectivity index (χ0) is 25.8. The first kappa shape index (κ1) is 24.2. The fourth-order valence-electron chi connectivity index (χ4n) is 4.24. The number of hydrogen-bond donors (Lipinski definition) is 2. The number of piperidine rings is 1. The van der Waals surface area contributed by atoms with Gasteiger partial charge in [-0.05, 0) is 54.1 Å². The Kier molecular flexibility index (Phi) is 6.98. The molecule has 8 nitrogen and oxygen atoms in total. The van der Waals surface area contributed by atoms with Crippen molar-refractivity contribution in [3.63, 3.8) is 0 Å². The van der Waals surface area contributed by atoms with Crippen LogP contribution in [0.1, 0.15) is 28.8 Å². The number of likely N-dealkylation sites (tertiary alicyclic amines) is 1. The molecule has 4 aromatic rings. The van der Waals surface area contributed by atoms with E-state index in [1.54, 1.807) is 35.4 Å². The molecule has 1 aliphatic rings. The molecule has 1 fully saturated rings. The number of carbonyl (C=O) groups excluding carboxylic acids is 2. The number of pyridine rings is 1. The van der Waals surface area contributed by atoms with Crippen LogP contribution in [0.25, 0.3) is 5.65 Å². The first-order chi connectivity index (χ1) is 17.9. The van der Waals surface area contributed by atoms with E-state index in [0.29, 0.717) is 50.0 Å². The number of nitrogens with one attached hydrogen (secondary N) is 2. The standard InChI is InChI=1S/C27H25F2N5O3/c28-19-1-6-23(24(29)16-19)26(35)34-12-8-22(9-13-34)37-21-4-2-20(3-5-21)32-27(36)31-17-18-7-11-33-14-10-30-25(33)15-18/h1-7,10-11,14-16,22H,8-9,12-13,17H2,(H2,31,32,36). The first-order valence-corrected chi connectivity index (χ1v) is 11.9. The van der Waals surface area contributed by atoms with Crippen molar-refractivity contribution in [3.05, 3.63) is 95.9 Å². The molecular weight excluding hydrogens is 480 g/mol. The average molecular weight is 506 g/mol. The molecule has 0 radical (unpaired) electrons. The Balaban J connectivity index is 1.07. The second kappa shape index (κ2) is 10.7. The number of nitrogens with zero attached hydrogens (tertiary/aromatic N) is 3. The summed E-state index contributed by atoms with van der Waals surface area (Å²) < 4.78 is 35.0. The van der Waals surface area contributed by atoms with Crippen LogP contribution in [0.5, 0.6) is 5.75 Å². The van der Waals surface area contributed by atoms with Gasteiger partial charge in [-0.2, -0.15) is 0 Å². The number of amides is 3. The molecule has 0 spiro atoms. The molecule has 0 bridgehead atoms. The van der Waals surface area contributed by atoms with Crippen molar-refractivity contribution in [1.29, 1.82) is 0 Å². The van der Waals surface area contributed by atoms with Crippen LogP contribution in [0.15, 0.2) is 73.2 Å². The summed E-state index contributed by atoms with van der Waals surface area (Å²) >= 11 is 0. The van der Waals surface area contributed by atoms with Crippen LogP contribution >= 0.6 is 0 Å². The zero-order valence-electron chi connectivity index (χ0n) is 19.9. The molecule has 0 unspecified atom stereocenters. The summed E-state index contributed by atoms with van der Waals surface area (Å²) in [7, 11) is 0. The molecular formula is C27H25F2N5O3. The Labute approximate surface area is 211 Å². The maximum Gasteiger partial charge on any atom is 0.319 e. The molecule has 190 valence electrons. The summed E-state index contributed by atoms with van der Waals surface area (Å²) in [4.78, 5) is 30.6. The number of imidazole rings is 1. The third kappa shape index (κ3) is 5.85. The second-order valence-corrected chi connectivity index (χ2v) is 8.79. The minimum atomic E-state index is -0.860. The highest BCUT2D eigenvalue weighted by Crippen LogP contribution is 2.23. The van der Waals surface area contributed by atoms with Crippen molar-refractivity contribution in [3.8, 4) is 5.75 Å². The second-order valence-electron chi connectivity index (χ2n) is 8.79. The van der Waals surface area contributed by atoms with Crippen molar-refractivity contribution in [2.45, 2.75) is 25.5 Å². The van der Waals surface area contributed by atoms with E-state index in [4.69, 9.17) is 4.74 Å². The summed E-state index contributed by atoms with van der Waals surface area (Å²) in [6.45, 7) is 1.19. The molecule has 1 aliphatic heterocycles. The Bertz CT molecular complexity index is 1420. The SMILES string of the molecule is O=C(NCc1ccn2ccnc2c1)Nc1ccc(OC2CCN(C(=O)c3ccc(F)cc3F)CC2)cc1. The highest BCUT2D eigenvalue weighted by Gasteiger charge is 2.26. The van der Waals surface area contributed by atoms with Crippen molar-refractivity contribution in [2.24, 2.45) is 0 Å². The van der Waals surface area contributed by atoms with Crippen LogP contribution in [0, 0.1) is 11.6 Å². The quantitative estimate of drug-likeness (QED) is 0.400. The van der Waals surface area contributed by atoms with E-state index in [1.165, 1.54) is 6.07 Å². The topological polar surface area (TPSA) is 88.0 Å².